The number of phenolic OH excluding ortho intramolecular Hbond substituents is 1. The summed E-state index contributed by atoms with van der Waals surface area (Å²) in [6.07, 6.45) is 3.37. The standard InChI is InChI=1S/C21H28ClN5O2.HI/c1-3-23-21(25-12-9-15-6-4-8-18(29-2)19(15)28)26-16-10-13-27(14-16)20-17(22)7-5-11-24-20;/h4-8,11,16,28H,3,9-10,12-14H2,1-2H3,(H2,23,25,26);1H. The normalized spacial score (nSPS) is 16.2. The van der Waals surface area contributed by atoms with Gasteiger partial charge in [0.2, 0.25) is 0 Å². The molecule has 1 saturated heterocycles. The molecule has 1 aromatic heterocycles. The first-order valence-corrected chi connectivity index (χ1v) is 10.2. The third kappa shape index (κ3) is 6.28. The number of hydrogen-bond donors (Lipinski definition) is 3. The van der Waals surface area contributed by atoms with Crippen molar-refractivity contribution in [2.24, 2.45) is 4.99 Å². The third-order valence-electron chi connectivity index (χ3n) is 4.87. The van der Waals surface area contributed by atoms with Crippen LogP contribution in [0.1, 0.15) is 18.9 Å². The van der Waals surface area contributed by atoms with Gasteiger partial charge < -0.3 is 25.4 Å². The van der Waals surface area contributed by atoms with E-state index in [4.69, 9.17) is 16.3 Å². The molecule has 1 fully saturated rings. The van der Waals surface area contributed by atoms with Crippen LogP contribution >= 0.6 is 35.6 Å². The maximum Gasteiger partial charge on any atom is 0.191 e. The number of nitrogens with one attached hydrogen (secondary N) is 2. The molecule has 1 aliphatic heterocycles. The Morgan fingerprint density at radius 1 is 1.37 bits per heavy atom. The van der Waals surface area contributed by atoms with Gasteiger partial charge in [0.15, 0.2) is 17.5 Å². The van der Waals surface area contributed by atoms with Crippen molar-refractivity contribution in [3.63, 3.8) is 0 Å². The third-order valence-corrected chi connectivity index (χ3v) is 5.16. The van der Waals surface area contributed by atoms with Crippen LogP contribution in [-0.4, -0.2) is 55.4 Å². The molecule has 2 aromatic rings. The van der Waals surface area contributed by atoms with Gasteiger partial charge in [-0.1, -0.05) is 23.7 Å². The first kappa shape index (κ1) is 24.3. The lowest BCUT2D eigenvalue weighted by atomic mass is 10.1. The SMILES string of the molecule is CCNC(=NCCc1cccc(OC)c1O)NC1CCN(c2ncccc2Cl)C1.I. The Bertz CT molecular complexity index is 852. The first-order valence-electron chi connectivity index (χ1n) is 9.87. The Morgan fingerprint density at radius 2 is 2.20 bits per heavy atom. The minimum absolute atomic E-state index is 0. The van der Waals surface area contributed by atoms with Crippen molar-refractivity contribution >= 4 is 47.4 Å². The average Bonchev–Trinajstić information content (AvgIpc) is 3.18. The first-order chi connectivity index (χ1) is 14.1. The molecule has 1 atom stereocenters. The number of ether oxygens (including phenoxy) is 1. The maximum absolute atomic E-state index is 10.2. The molecule has 0 radical (unpaired) electrons. The number of aromatic hydroxyl groups is 1. The topological polar surface area (TPSA) is 82.0 Å². The number of pyridine rings is 1. The number of aromatic nitrogens is 1. The van der Waals surface area contributed by atoms with Gasteiger partial charge in [-0.25, -0.2) is 4.98 Å². The molecule has 3 N–H and O–H groups in total. The zero-order chi connectivity index (χ0) is 20.6. The molecule has 30 heavy (non-hydrogen) atoms. The fourth-order valence-electron chi connectivity index (χ4n) is 3.42. The van der Waals surface area contributed by atoms with E-state index in [2.05, 4.69) is 25.5 Å². The van der Waals surface area contributed by atoms with E-state index in [-0.39, 0.29) is 35.8 Å². The van der Waals surface area contributed by atoms with E-state index in [0.29, 0.717) is 23.7 Å². The van der Waals surface area contributed by atoms with Crippen LogP contribution < -0.4 is 20.3 Å². The summed E-state index contributed by atoms with van der Waals surface area (Å²) < 4.78 is 5.17. The van der Waals surface area contributed by atoms with E-state index in [1.54, 1.807) is 19.4 Å². The lowest BCUT2D eigenvalue weighted by Gasteiger charge is -2.20. The second kappa shape index (κ2) is 12.0. The van der Waals surface area contributed by atoms with Crippen LogP contribution in [0.4, 0.5) is 5.82 Å². The number of para-hydroxylation sites is 1. The number of aliphatic imine (C=N–C) groups is 1. The van der Waals surface area contributed by atoms with Crippen molar-refractivity contribution < 1.29 is 9.84 Å². The van der Waals surface area contributed by atoms with Gasteiger partial charge in [-0.3, -0.25) is 4.99 Å². The van der Waals surface area contributed by atoms with Gasteiger partial charge in [-0.05, 0) is 43.5 Å². The molecule has 2 heterocycles. The highest BCUT2D eigenvalue weighted by molar-refractivity contribution is 14.0. The molecular weight excluding hydrogens is 517 g/mol. The fraction of sp³-hybridized carbons (Fsp3) is 0.429. The number of halogens is 2. The number of guanidine groups is 1. The quantitative estimate of drug-likeness (QED) is 0.281. The zero-order valence-corrected chi connectivity index (χ0v) is 20.4. The summed E-state index contributed by atoms with van der Waals surface area (Å²) in [6, 6.07) is 9.47. The van der Waals surface area contributed by atoms with E-state index in [1.165, 1.54) is 0 Å². The van der Waals surface area contributed by atoms with Gasteiger partial charge in [-0.15, -0.1) is 24.0 Å². The fourth-order valence-corrected chi connectivity index (χ4v) is 3.66. The van der Waals surface area contributed by atoms with Crippen LogP contribution in [0.15, 0.2) is 41.5 Å². The van der Waals surface area contributed by atoms with Gasteiger partial charge in [-0.2, -0.15) is 0 Å². The number of benzene rings is 1. The molecule has 3 rings (SSSR count). The molecule has 0 aliphatic carbocycles. The molecule has 0 bridgehead atoms. The summed E-state index contributed by atoms with van der Waals surface area (Å²) in [4.78, 5) is 11.3. The van der Waals surface area contributed by atoms with Crippen LogP contribution in [0.3, 0.4) is 0 Å². The molecule has 164 valence electrons. The highest BCUT2D eigenvalue weighted by Gasteiger charge is 2.25. The molecular formula is C21H29ClIN5O2. The minimum atomic E-state index is 0. The van der Waals surface area contributed by atoms with Crippen LogP contribution in [-0.2, 0) is 6.42 Å². The summed E-state index contributed by atoms with van der Waals surface area (Å²) in [5.41, 5.74) is 0.820. The minimum Gasteiger partial charge on any atom is -0.504 e. The van der Waals surface area contributed by atoms with Crippen molar-refractivity contribution in [3.05, 3.63) is 47.1 Å². The number of methoxy groups -OCH3 is 1. The number of nitrogens with zero attached hydrogens (tertiary/aromatic N) is 3. The molecule has 1 aromatic carbocycles. The highest BCUT2D eigenvalue weighted by atomic mass is 127. The second-order valence-corrected chi connectivity index (χ2v) is 7.27. The summed E-state index contributed by atoms with van der Waals surface area (Å²) >= 11 is 6.28. The van der Waals surface area contributed by atoms with Crippen molar-refractivity contribution in [1.29, 1.82) is 0 Å². The van der Waals surface area contributed by atoms with E-state index in [1.807, 2.05) is 31.2 Å². The predicted molar refractivity (Wildman–Crippen MR) is 133 cm³/mol. The van der Waals surface area contributed by atoms with Crippen molar-refractivity contribution in [2.45, 2.75) is 25.8 Å². The molecule has 9 heteroatoms. The Kier molecular flexibility index (Phi) is 9.77. The Morgan fingerprint density at radius 3 is 2.93 bits per heavy atom. The highest BCUT2D eigenvalue weighted by Crippen LogP contribution is 2.29. The Labute approximate surface area is 199 Å². The smallest absolute Gasteiger partial charge is 0.191 e. The zero-order valence-electron chi connectivity index (χ0n) is 17.3. The van der Waals surface area contributed by atoms with E-state index >= 15 is 0 Å². The molecule has 1 unspecified atom stereocenters. The van der Waals surface area contributed by atoms with Gasteiger partial charge in [0.1, 0.15) is 5.82 Å². The summed E-state index contributed by atoms with van der Waals surface area (Å²) in [6.45, 7) is 5.08. The molecule has 7 nitrogen and oxygen atoms in total. The van der Waals surface area contributed by atoms with Crippen LogP contribution in [0, 0.1) is 0 Å². The summed E-state index contributed by atoms with van der Waals surface area (Å²) in [5.74, 6) is 2.26. The van der Waals surface area contributed by atoms with E-state index in [0.717, 1.165) is 43.4 Å². The van der Waals surface area contributed by atoms with Crippen LogP contribution in [0.2, 0.25) is 5.02 Å². The van der Waals surface area contributed by atoms with Gasteiger partial charge in [0.05, 0.1) is 12.1 Å². The predicted octanol–water partition coefficient (Wildman–Crippen LogP) is 3.44. The molecule has 1 aliphatic rings. The molecule has 0 amide bonds. The van der Waals surface area contributed by atoms with Crippen molar-refractivity contribution in [2.75, 3.05) is 38.2 Å². The number of anilines is 1. The Balaban J connectivity index is 0.00000320. The van der Waals surface area contributed by atoms with Crippen molar-refractivity contribution in [1.82, 2.24) is 15.6 Å². The second-order valence-electron chi connectivity index (χ2n) is 6.86. The summed E-state index contributed by atoms with van der Waals surface area (Å²) in [5, 5.41) is 17.7. The van der Waals surface area contributed by atoms with Crippen LogP contribution in [0.25, 0.3) is 0 Å². The van der Waals surface area contributed by atoms with Crippen molar-refractivity contribution in [3.8, 4) is 11.5 Å². The van der Waals surface area contributed by atoms with Gasteiger partial charge in [0.25, 0.3) is 0 Å². The number of rotatable bonds is 7. The summed E-state index contributed by atoms with van der Waals surface area (Å²) in [7, 11) is 1.55. The lowest BCUT2D eigenvalue weighted by Crippen LogP contribution is -2.44. The number of hydrogen-bond acceptors (Lipinski definition) is 5. The van der Waals surface area contributed by atoms with E-state index in [9.17, 15) is 5.11 Å². The van der Waals surface area contributed by atoms with Crippen LogP contribution in [0.5, 0.6) is 11.5 Å². The Hall–Kier alpha value is -1.94. The lowest BCUT2D eigenvalue weighted by molar-refractivity contribution is 0.370. The largest absolute Gasteiger partial charge is 0.504 e. The van der Waals surface area contributed by atoms with Gasteiger partial charge in [0, 0.05) is 38.4 Å². The molecule has 0 saturated carbocycles. The maximum atomic E-state index is 10.2. The average molecular weight is 546 g/mol. The van der Waals surface area contributed by atoms with E-state index < -0.39 is 0 Å². The molecule has 0 spiro atoms. The van der Waals surface area contributed by atoms with Gasteiger partial charge >= 0.3 is 0 Å². The number of phenols is 1. The monoisotopic (exact) mass is 545 g/mol.